The minimum atomic E-state index is 0.327. The number of hydrogen-bond donors (Lipinski definition) is 1. The van der Waals surface area contributed by atoms with Crippen molar-refractivity contribution in [2.75, 3.05) is 5.73 Å². The van der Waals surface area contributed by atoms with Gasteiger partial charge in [-0.05, 0) is 18.6 Å². The molecule has 0 saturated heterocycles. The fourth-order valence-electron chi connectivity index (χ4n) is 1.15. The molecule has 0 spiro atoms. The minimum absolute atomic E-state index is 0.327. The summed E-state index contributed by atoms with van der Waals surface area (Å²) in [6, 6.07) is 6.01. The number of fused-ring (bicyclic) bond motifs is 1. The van der Waals surface area contributed by atoms with E-state index >= 15 is 0 Å². The molecule has 0 unspecified atom stereocenters. The van der Waals surface area contributed by atoms with Crippen LogP contribution in [0.25, 0.3) is 10.9 Å². The molecule has 2 aromatic rings. The summed E-state index contributed by atoms with van der Waals surface area (Å²) < 4.78 is 0. The molecule has 3 nitrogen and oxygen atoms in total. The van der Waals surface area contributed by atoms with Gasteiger partial charge in [-0.1, -0.05) is 12.1 Å². The first-order valence-corrected chi connectivity index (χ1v) is 3.74. The molecular weight excluding hydrogens is 150 g/mol. The molecule has 3 heteroatoms. The van der Waals surface area contributed by atoms with Crippen LogP contribution in [0.2, 0.25) is 0 Å². The van der Waals surface area contributed by atoms with Crippen molar-refractivity contribution in [1.29, 1.82) is 0 Å². The van der Waals surface area contributed by atoms with Crippen molar-refractivity contribution in [1.82, 2.24) is 9.97 Å². The van der Waals surface area contributed by atoms with Crippen molar-refractivity contribution >= 4 is 16.9 Å². The molecule has 1 heterocycles. The molecule has 0 aliphatic heterocycles. The van der Waals surface area contributed by atoms with Crippen LogP contribution in [0.4, 0.5) is 5.95 Å². The molecule has 0 fully saturated rings. The third kappa shape index (κ3) is 1.09. The van der Waals surface area contributed by atoms with Crippen molar-refractivity contribution < 1.29 is 0 Å². The van der Waals surface area contributed by atoms with Gasteiger partial charge in [0.2, 0.25) is 5.95 Å². The minimum Gasteiger partial charge on any atom is -0.368 e. The standard InChI is InChI=1S/C9H9N3/c1-6-2-3-7-5-11-9(10)12-8(7)4-6/h2-5H,1H3,(H2,10,11,12). The van der Waals surface area contributed by atoms with Crippen LogP contribution in [0.3, 0.4) is 0 Å². The second kappa shape index (κ2) is 2.44. The SMILES string of the molecule is Cc1ccc2cnc(N)nc2c1. The van der Waals surface area contributed by atoms with Gasteiger partial charge >= 0.3 is 0 Å². The summed E-state index contributed by atoms with van der Waals surface area (Å²) in [7, 11) is 0. The van der Waals surface area contributed by atoms with E-state index in [2.05, 4.69) is 9.97 Å². The number of benzene rings is 1. The molecule has 0 aliphatic carbocycles. The van der Waals surface area contributed by atoms with Gasteiger partial charge in [-0.15, -0.1) is 0 Å². The van der Waals surface area contributed by atoms with Crippen LogP contribution in [0.1, 0.15) is 5.56 Å². The normalized spacial score (nSPS) is 10.4. The van der Waals surface area contributed by atoms with E-state index in [1.807, 2.05) is 25.1 Å². The highest BCUT2D eigenvalue weighted by Crippen LogP contribution is 2.12. The van der Waals surface area contributed by atoms with Crippen LogP contribution in [0.15, 0.2) is 24.4 Å². The Morgan fingerprint density at radius 3 is 3.00 bits per heavy atom. The summed E-state index contributed by atoms with van der Waals surface area (Å²) in [4.78, 5) is 8.01. The molecule has 0 saturated carbocycles. The van der Waals surface area contributed by atoms with Crippen LogP contribution in [-0.2, 0) is 0 Å². The van der Waals surface area contributed by atoms with Gasteiger partial charge < -0.3 is 5.73 Å². The summed E-state index contributed by atoms with van der Waals surface area (Å²) in [6.45, 7) is 2.03. The lowest BCUT2D eigenvalue weighted by atomic mass is 10.2. The van der Waals surface area contributed by atoms with E-state index in [-0.39, 0.29) is 0 Å². The van der Waals surface area contributed by atoms with Gasteiger partial charge in [0.1, 0.15) is 0 Å². The maximum absolute atomic E-state index is 5.45. The summed E-state index contributed by atoms with van der Waals surface area (Å²) in [5.74, 6) is 0.327. The average molecular weight is 159 g/mol. The Morgan fingerprint density at radius 1 is 1.33 bits per heavy atom. The molecular formula is C9H9N3. The average Bonchev–Trinajstić information content (AvgIpc) is 2.03. The number of nitrogens with two attached hydrogens (primary N) is 1. The van der Waals surface area contributed by atoms with E-state index in [1.54, 1.807) is 6.20 Å². The van der Waals surface area contributed by atoms with Crippen LogP contribution in [-0.4, -0.2) is 9.97 Å². The van der Waals surface area contributed by atoms with Gasteiger partial charge in [-0.2, -0.15) is 0 Å². The van der Waals surface area contributed by atoms with E-state index in [9.17, 15) is 0 Å². The number of hydrogen-bond acceptors (Lipinski definition) is 3. The Morgan fingerprint density at radius 2 is 2.17 bits per heavy atom. The van der Waals surface area contributed by atoms with Crippen LogP contribution in [0.5, 0.6) is 0 Å². The van der Waals surface area contributed by atoms with Gasteiger partial charge in [-0.3, -0.25) is 0 Å². The predicted octanol–water partition coefficient (Wildman–Crippen LogP) is 1.52. The van der Waals surface area contributed by atoms with Crippen molar-refractivity contribution in [3.05, 3.63) is 30.0 Å². The lowest BCUT2D eigenvalue weighted by Gasteiger charge is -1.98. The van der Waals surface area contributed by atoms with Crippen LogP contribution >= 0.6 is 0 Å². The second-order valence-electron chi connectivity index (χ2n) is 2.79. The fourth-order valence-corrected chi connectivity index (χ4v) is 1.15. The van der Waals surface area contributed by atoms with Gasteiger partial charge in [0.15, 0.2) is 0 Å². The Labute approximate surface area is 70.3 Å². The maximum Gasteiger partial charge on any atom is 0.220 e. The quantitative estimate of drug-likeness (QED) is 0.634. The molecule has 1 aromatic heterocycles. The maximum atomic E-state index is 5.45. The van der Waals surface area contributed by atoms with Crippen LogP contribution in [0, 0.1) is 6.92 Å². The molecule has 12 heavy (non-hydrogen) atoms. The Balaban J connectivity index is 2.80. The summed E-state index contributed by atoms with van der Waals surface area (Å²) in [5.41, 5.74) is 7.54. The van der Waals surface area contributed by atoms with E-state index < -0.39 is 0 Å². The van der Waals surface area contributed by atoms with Crippen LogP contribution < -0.4 is 5.73 Å². The first-order valence-electron chi connectivity index (χ1n) is 3.74. The first-order chi connectivity index (χ1) is 5.75. The first kappa shape index (κ1) is 7.03. The number of aryl methyl sites for hydroxylation is 1. The zero-order chi connectivity index (χ0) is 8.55. The molecule has 2 rings (SSSR count). The van der Waals surface area contributed by atoms with Crippen molar-refractivity contribution in [3.63, 3.8) is 0 Å². The molecule has 0 aliphatic rings. The summed E-state index contributed by atoms with van der Waals surface area (Å²) in [5, 5.41) is 1.02. The molecule has 0 amide bonds. The smallest absolute Gasteiger partial charge is 0.220 e. The van der Waals surface area contributed by atoms with E-state index in [1.165, 1.54) is 5.56 Å². The molecule has 2 N–H and O–H groups in total. The third-order valence-corrected chi connectivity index (χ3v) is 1.76. The highest BCUT2D eigenvalue weighted by atomic mass is 15.0. The topological polar surface area (TPSA) is 51.8 Å². The molecule has 0 bridgehead atoms. The zero-order valence-electron chi connectivity index (χ0n) is 6.78. The Hall–Kier alpha value is -1.64. The fraction of sp³-hybridized carbons (Fsp3) is 0.111. The van der Waals surface area contributed by atoms with E-state index in [0.29, 0.717) is 5.95 Å². The van der Waals surface area contributed by atoms with E-state index in [0.717, 1.165) is 10.9 Å². The highest BCUT2D eigenvalue weighted by molar-refractivity contribution is 5.79. The summed E-state index contributed by atoms with van der Waals surface area (Å²) in [6.07, 6.45) is 1.73. The lowest BCUT2D eigenvalue weighted by Crippen LogP contribution is -1.93. The largest absolute Gasteiger partial charge is 0.368 e. The van der Waals surface area contributed by atoms with Gasteiger partial charge in [0.25, 0.3) is 0 Å². The molecule has 0 radical (unpaired) electrons. The number of nitrogens with zero attached hydrogens (tertiary/aromatic N) is 2. The molecule has 1 aromatic carbocycles. The van der Waals surface area contributed by atoms with Gasteiger partial charge in [0.05, 0.1) is 5.52 Å². The lowest BCUT2D eigenvalue weighted by molar-refractivity contribution is 1.23. The highest BCUT2D eigenvalue weighted by Gasteiger charge is 1.95. The number of nitrogen functional groups attached to an aromatic ring is 1. The summed E-state index contributed by atoms with van der Waals surface area (Å²) >= 11 is 0. The number of aromatic nitrogens is 2. The Bertz CT molecular complexity index is 386. The van der Waals surface area contributed by atoms with Crippen molar-refractivity contribution in [2.24, 2.45) is 0 Å². The zero-order valence-corrected chi connectivity index (χ0v) is 6.78. The van der Waals surface area contributed by atoms with Crippen molar-refractivity contribution in [2.45, 2.75) is 6.92 Å². The Kier molecular flexibility index (Phi) is 1.43. The number of anilines is 1. The number of rotatable bonds is 0. The third-order valence-electron chi connectivity index (χ3n) is 1.76. The molecule has 60 valence electrons. The molecule has 0 atom stereocenters. The second-order valence-corrected chi connectivity index (χ2v) is 2.79. The monoisotopic (exact) mass is 159 g/mol. The van der Waals surface area contributed by atoms with Gasteiger partial charge in [0, 0.05) is 11.6 Å². The van der Waals surface area contributed by atoms with E-state index in [4.69, 9.17) is 5.73 Å². The van der Waals surface area contributed by atoms with Gasteiger partial charge in [-0.25, -0.2) is 9.97 Å². The predicted molar refractivity (Wildman–Crippen MR) is 48.7 cm³/mol. The van der Waals surface area contributed by atoms with Crippen molar-refractivity contribution in [3.8, 4) is 0 Å².